The van der Waals surface area contributed by atoms with Crippen molar-refractivity contribution in [3.05, 3.63) is 34.3 Å². The van der Waals surface area contributed by atoms with E-state index in [0.717, 1.165) is 4.47 Å². The summed E-state index contributed by atoms with van der Waals surface area (Å²) in [7, 11) is 0. The Kier molecular flexibility index (Phi) is 6.66. The molecule has 1 N–H and O–H groups in total. The summed E-state index contributed by atoms with van der Waals surface area (Å²) in [6.45, 7) is 2.02. The number of carbonyl (C=O) groups is 1. The van der Waals surface area contributed by atoms with Crippen molar-refractivity contribution in [1.29, 1.82) is 10.5 Å². The molecule has 0 amide bonds. The van der Waals surface area contributed by atoms with Gasteiger partial charge in [0.15, 0.2) is 0 Å². The van der Waals surface area contributed by atoms with Gasteiger partial charge in [-0.15, -0.1) is 0 Å². The number of hydrogen-bond acceptors (Lipinski definition) is 6. The minimum Gasteiger partial charge on any atom is -0.463 e. The first-order valence-electron chi connectivity index (χ1n) is 5.89. The van der Waals surface area contributed by atoms with Crippen LogP contribution in [0.15, 0.2) is 33.8 Å². The third-order valence-corrected chi connectivity index (χ3v) is 2.69. The summed E-state index contributed by atoms with van der Waals surface area (Å²) in [5.74, 6) is -0.457. The Labute approximate surface area is 130 Å². The molecular weight excluding hydrogens is 336 g/mol. The predicted octanol–water partition coefficient (Wildman–Crippen LogP) is 2.84. The second-order valence-corrected chi connectivity index (χ2v) is 4.53. The van der Waals surface area contributed by atoms with E-state index in [4.69, 9.17) is 15.3 Å². The van der Waals surface area contributed by atoms with Crippen LogP contribution >= 0.6 is 15.9 Å². The van der Waals surface area contributed by atoms with Gasteiger partial charge in [-0.25, -0.2) is 4.79 Å². The van der Waals surface area contributed by atoms with Crippen LogP contribution in [0.25, 0.3) is 6.08 Å². The fourth-order valence-electron chi connectivity index (χ4n) is 1.31. The Morgan fingerprint density at radius 3 is 2.81 bits per heavy atom. The van der Waals surface area contributed by atoms with E-state index in [2.05, 4.69) is 26.5 Å². The summed E-state index contributed by atoms with van der Waals surface area (Å²) in [5, 5.41) is 20.9. The molecular formula is C14H11BrN4O2. The van der Waals surface area contributed by atoms with E-state index in [1.807, 2.05) is 0 Å². The van der Waals surface area contributed by atoms with Crippen LogP contribution in [0.4, 0.5) is 5.69 Å². The van der Waals surface area contributed by atoms with Gasteiger partial charge in [-0.05, 0) is 31.2 Å². The molecule has 0 radical (unpaired) electrons. The molecule has 0 bridgehead atoms. The Morgan fingerprint density at radius 1 is 1.48 bits per heavy atom. The first kappa shape index (κ1) is 16.4. The zero-order valence-corrected chi connectivity index (χ0v) is 12.7. The number of anilines is 1. The molecule has 1 aromatic rings. The Bertz CT molecular complexity index is 653. The zero-order chi connectivity index (χ0) is 15.7. The first-order chi connectivity index (χ1) is 10.1. The number of esters is 1. The van der Waals surface area contributed by atoms with Crippen molar-refractivity contribution >= 4 is 39.4 Å². The molecule has 1 aromatic carbocycles. The highest BCUT2D eigenvalue weighted by atomic mass is 79.9. The highest BCUT2D eigenvalue weighted by molar-refractivity contribution is 9.10. The quantitative estimate of drug-likeness (QED) is 0.382. The van der Waals surface area contributed by atoms with Gasteiger partial charge in [0.2, 0.25) is 5.71 Å². The van der Waals surface area contributed by atoms with E-state index < -0.39 is 5.97 Å². The van der Waals surface area contributed by atoms with E-state index in [1.54, 1.807) is 43.3 Å². The fraction of sp³-hybridized carbons (Fsp3) is 0.143. The summed E-state index contributed by atoms with van der Waals surface area (Å²) >= 11 is 3.32. The molecule has 0 heterocycles. The van der Waals surface area contributed by atoms with E-state index in [9.17, 15) is 4.79 Å². The van der Waals surface area contributed by atoms with Gasteiger partial charge in [0.1, 0.15) is 12.1 Å². The highest BCUT2D eigenvalue weighted by Gasteiger charge is 2.02. The molecule has 0 atom stereocenters. The van der Waals surface area contributed by atoms with Crippen LogP contribution in [-0.4, -0.2) is 18.3 Å². The van der Waals surface area contributed by atoms with Crippen molar-refractivity contribution in [3.8, 4) is 12.1 Å². The Balaban J connectivity index is 3.01. The maximum atomic E-state index is 11.3. The molecule has 7 heteroatoms. The van der Waals surface area contributed by atoms with Crippen LogP contribution in [0.1, 0.15) is 12.5 Å². The second kappa shape index (κ2) is 8.51. The highest BCUT2D eigenvalue weighted by Crippen LogP contribution is 2.22. The number of nitrogens with one attached hydrogen (secondary N) is 1. The summed E-state index contributed by atoms with van der Waals surface area (Å²) in [6.07, 6.45) is 2.84. The summed E-state index contributed by atoms with van der Waals surface area (Å²) in [4.78, 5) is 11.3. The molecule has 0 saturated carbocycles. The number of nitrogens with zero attached hydrogens (tertiary/aromatic N) is 3. The van der Waals surface area contributed by atoms with Gasteiger partial charge in [-0.3, -0.25) is 5.43 Å². The molecule has 21 heavy (non-hydrogen) atoms. The van der Waals surface area contributed by atoms with Gasteiger partial charge in [0, 0.05) is 16.1 Å². The molecule has 0 aromatic heterocycles. The van der Waals surface area contributed by atoms with Crippen LogP contribution in [0.3, 0.4) is 0 Å². The SMILES string of the molecule is CCOC(=O)C=Cc1cc(Br)ccc1NN=C(C#N)C#N. The normalized spacial score (nSPS) is 9.52. The summed E-state index contributed by atoms with van der Waals surface area (Å²) in [5.41, 5.74) is 3.52. The number of hydrazone groups is 1. The third kappa shape index (κ3) is 5.47. The van der Waals surface area contributed by atoms with Crippen molar-refractivity contribution in [1.82, 2.24) is 0 Å². The largest absolute Gasteiger partial charge is 0.463 e. The first-order valence-corrected chi connectivity index (χ1v) is 6.68. The summed E-state index contributed by atoms with van der Waals surface area (Å²) < 4.78 is 5.60. The molecule has 6 nitrogen and oxygen atoms in total. The van der Waals surface area contributed by atoms with Gasteiger partial charge < -0.3 is 4.74 Å². The van der Waals surface area contributed by atoms with Crippen molar-refractivity contribution < 1.29 is 9.53 Å². The van der Waals surface area contributed by atoms with Crippen molar-refractivity contribution in [2.24, 2.45) is 5.10 Å². The van der Waals surface area contributed by atoms with Crippen LogP contribution in [0, 0.1) is 22.7 Å². The lowest BCUT2D eigenvalue weighted by molar-refractivity contribution is -0.137. The molecule has 1 rings (SSSR count). The molecule has 0 aliphatic heterocycles. The standard InChI is InChI=1S/C14H11BrN4O2/c1-2-21-14(20)6-3-10-7-11(15)4-5-13(10)19-18-12(8-16)9-17/h3-7,19H,2H2,1H3. The number of nitriles is 2. The van der Waals surface area contributed by atoms with Crippen LogP contribution in [0.2, 0.25) is 0 Å². The topological polar surface area (TPSA) is 98.3 Å². The summed E-state index contributed by atoms with van der Waals surface area (Å²) in [6, 6.07) is 8.51. The van der Waals surface area contributed by atoms with Crippen molar-refractivity contribution in [2.45, 2.75) is 6.92 Å². The predicted molar refractivity (Wildman–Crippen MR) is 82.1 cm³/mol. The molecule has 0 saturated heterocycles. The number of ether oxygens (including phenoxy) is 1. The van der Waals surface area contributed by atoms with Gasteiger partial charge in [0.25, 0.3) is 0 Å². The lowest BCUT2D eigenvalue weighted by atomic mass is 10.1. The Morgan fingerprint density at radius 2 is 2.19 bits per heavy atom. The Hall–Kier alpha value is -2.64. The number of rotatable bonds is 5. The lowest BCUT2D eigenvalue weighted by Crippen LogP contribution is -2.00. The van der Waals surface area contributed by atoms with Crippen LogP contribution < -0.4 is 5.43 Å². The van der Waals surface area contributed by atoms with Crippen LogP contribution in [0.5, 0.6) is 0 Å². The minimum atomic E-state index is -0.457. The minimum absolute atomic E-state index is 0.293. The molecule has 0 spiro atoms. The van der Waals surface area contributed by atoms with E-state index in [0.29, 0.717) is 17.9 Å². The monoisotopic (exact) mass is 346 g/mol. The number of carbonyl (C=O) groups excluding carboxylic acids is 1. The maximum Gasteiger partial charge on any atom is 0.330 e. The third-order valence-electron chi connectivity index (χ3n) is 2.20. The number of hydrogen-bond donors (Lipinski definition) is 1. The van der Waals surface area contributed by atoms with Gasteiger partial charge in [-0.1, -0.05) is 15.9 Å². The average Bonchev–Trinajstić information content (AvgIpc) is 2.48. The number of halogens is 1. The van der Waals surface area contributed by atoms with Crippen molar-refractivity contribution in [2.75, 3.05) is 12.0 Å². The number of benzene rings is 1. The molecule has 0 aliphatic carbocycles. The fourth-order valence-corrected chi connectivity index (χ4v) is 1.69. The smallest absolute Gasteiger partial charge is 0.330 e. The van der Waals surface area contributed by atoms with Gasteiger partial charge >= 0.3 is 5.97 Å². The average molecular weight is 347 g/mol. The molecule has 0 unspecified atom stereocenters. The van der Waals surface area contributed by atoms with E-state index in [-0.39, 0.29) is 5.71 Å². The second-order valence-electron chi connectivity index (χ2n) is 3.61. The van der Waals surface area contributed by atoms with Gasteiger partial charge in [0.05, 0.1) is 12.3 Å². The maximum absolute atomic E-state index is 11.3. The van der Waals surface area contributed by atoms with Gasteiger partial charge in [-0.2, -0.15) is 15.6 Å². The van der Waals surface area contributed by atoms with Crippen LogP contribution in [-0.2, 0) is 9.53 Å². The molecule has 0 aliphatic rings. The zero-order valence-electron chi connectivity index (χ0n) is 11.1. The molecule has 106 valence electrons. The van der Waals surface area contributed by atoms with Crippen molar-refractivity contribution in [3.63, 3.8) is 0 Å². The molecule has 0 fully saturated rings. The lowest BCUT2D eigenvalue weighted by Gasteiger charge is -2.05. The van der Waals surface area contributed by atoms with E-state index in [1.165, 1.54) is 6.08 Å². The van der Waals surface area contributed by atoms with E-state index >= 15 is 0 Å².